The molecule has 1 aliphatic heterocycles. The summed E-state index contributed by atoms with van der Waals surface area (Å²) in [6.07, 6.45) is 0.668. The van der Waals surface area contributed by atoms with Crippen LogP contribution >= 0.6 is 0 Å². The largest absolute Gasteiger partial charge is 0.454 e. The van der Waals surface area contributed by atoms with Gasteiger partial charge in [-0.25, -0.2) is 0 Å². The number of fused-ring (bicyclic) bond motifs is 1. The van der Waals surface area contributed by atoms with Crippen molar-refractivity contribution >= 4 is 11.8 Å². The minimum atomic E-state index is -0.607. The topological polar surface area (TPSA) is 76.7 Å². The lowest BCUT2D eigenvalue weighted by Crippen LogP contribution is -2.45. The van der Waals surface area contributed by atoms with Crippen LogP contribution in [0.4, 0.5) is 0 Å². The molecule has 0 saturated heterocycles. The standard InChI is InChI=1S/C19H20N2O4/c1-13(21-19(23)15-5-3-2-4-6-15)18(22)20-10-9-14-7-8-16-17(11-14)25-12-24-16/h2-8,11,13H,9-10,12H2,1H3,(H,20,22)(H,21,23)/t13-/m0/s1. The highest BCUT2D eigenvalue weighted by Crippen LogP contribution is 2.32. The van der Waals surface area contributed by atoms with Crippen LogP contribution in [0.2, 0.25) is 0 Å². The Morgan fingerprint density at radius 1 is 1.08 bits per heavy atom. The number of hydrogen-bond acceptors (Lipinski definition) is 4. The van der Waals surface area contributed by atoms with Crippen molar-refractivity contribution in [2.75, 3.05) is 13.3 Å². The second kappa shape index (κ2) is 7.70. The first kappa shape index (κ1) is 16.8. The van der Waals surface area contributed by atoms with Gasteiger partial charge in [-0.05, 0) is 43.2 Å². The van der Waals surface area contributed by atoms with E-state index in [9.17, 15) is 9.59 Å². The van der Waals surface area contributed by atoms with Crippen molar-refractivity contribution in [2.24, 2.45) is 0 Å². The summed E-state index contributed by atoms with van der Waals surface area (Å²) in [5.74, 6) is 0.987. The zero-order valence-corrected chi connectivity index (χ0v) is 14.0. The Kier molecular flexibility index (Phi) is 5.18. The highest BCUT2D eigenvalue weighted by Gasteiger charge is 2.16. The lowest BCUT2D eigenvalue weighted by molar-refractivity contribution is -0.122. The van der Waals surface area contributed by atoms with E-state index in [2.05, 4.69) is 10.6 Å². The number of carbonyl (C=O) groups is 2. The fourth-order valence-corrected chi connectivity index (χ4v) is 2.51. The van der Waals surface area contributed by atoms with E-state index in [1.165, 1.54) is 0 Å². The number of rotatable bonds is 6. The second-order valence-electron chi connectivity index (χ2n) is 5.79. The van der Waals surface area contributed by atoms with E-state index in [0.717, 1.165) is 17.1 Å². The first-order valence-electron chi connectivity index (χ1n) is 8.15. The van der Waals surface area contributed by atoms with E-state index in [1.807, 2.05) is 24.3 Å². The predicted molar refractivity (Wildman–Crippen MR) is 92.6 cm³/mol. The molecule has 2 aromatic rings. The van der Waals surface area contributed by atoms with Crippen LogP contribution in [-0.4, -0.2) is 31.2 Å². The molecule has 0 bridgehead atoms. The monoisotopic (exact) mass is 340 g/mol. The van der Waals surface area contributed by atoms with Crippen LogP contribution in [0.5, 0.6) is 11.5 Å². The molecule has 130 valence electrons. The van der Waals surface area contributed by atoms with E-state index in [0.29, 0.717) is 18.5 Å². The lowest BCUT2D eigenvalue weighted by Gasteiger charge is -2.14. The molecule has 0 spiro atoms. The van der Waals surface area contributed by atoms with Crippen LogP contribution in [-0.2, 0) is 11.2 Å². The molecule has 0 aliphatic carbocycles. The molecule has 1 aliphatic rings. The van der Waals surface area contributed by atoms with Gasteiger partial charge in [-0.2, -0.15) is 0 Å². The van der Waals surface area contributed by atoms with Crippen LogP contribution in [0.1, 0.15) is 22.8 Å². The number of carbonyl (C=O) groups excluding carboxylic acids is 2. The molecule has 25 heavy (non-hydrogen) atoms. The number of amides is 2. The summed E-state index contributed by atoms with van der Waals surface area (Å²) in [6, 6.07) is 13.9. The zero-order chi connectivity index (χ0) is 17.6. The average molecular weight is 340 g/mol. The zero-order valence-electron chi connectivity index (χ0n) is 14.0. The highest BCUT2D eigenvalue weighted by molar-refractivity contribution is 5.97. The van der Waals surface area contributed by atoms with Gasteiger partial charge in [0.05, 0.1) is 0 Å². The van der Waals surface area contributed by atoms with Gasteiger partial charge in [0.2, 0.25) is 12.7 Å². The molecule has 0 saturated carbocycles. The normalized spacial score (nSPS) is 13.2. The Bertz CT molecular complexity index is 761. The van der Waals surface area contributed by atoms with Crippen LogP contribution in [0.15, 0.2) is 48.5 Å². The second-order valence-corrected chi connectivity index (χ2v) is 5.79. The Balaban J connectivity index is 1.45. The van der Waals surface area contributed by atoms with Crippen LogP contribution < -0.4 is 20.1 Å². The third-order valence-corrected chi connectivity index (χ3v) is 3.93. The number of benzene rings is 2. The smallest absolute Gasteiger partial charge is 0.251 e. The van der Waals surface area contributed by atoms with E-state index in [4.69, 9.17) is 9.47 Å². The van der Waals surface area contributed by atoms with Gasteiger partial charge in [0.1, 0.15) is 6.04 Å². The van der Waals surface area contributed by atoms with Gasteiger partial charge in [0.15, 0.2) is 11.5 Å². The van der Waals surface area contributed by atoms with Crippen molar-refractivity contribution in [3.05, 3.63) is 59.7 Å². The van der Waals surface area contributed by atoms with E-state index < -0.39 is 6.04 Å². The van der Waals surface area contributed by atoms with Gasteiger partial charge in [-0.15, -0.1) is 0 Å². The summed E-state index contributed by atoms with van der Waals surface area (Å²) < 4.78 is 10.6. The van der Waals surface area contributed by atoms with Gasteiger partial charge in [-0.1, -0.05) is 24.3 Å². The maximum Gasteiger partial charge on any atom is 0.251 e. The predicted octanol–water partition coefficient (Wildman–Crippen LogP) is 1.89. The van der Waals surface area contributed by atoms with Crippen LogP contribution in [0.25, 0.3) is 0 Å². The molecular weight excluding hydrogens is 320 g/mol. The Morgan fingerprint density at radius 2 is 1.84 bits per heavy atom. The molecule has 0 unspecified atom stereocenters. The molecule has 6 nitrogen and oxygen atoms in total. The maximum atomic E-state index is 12.1. The van der Waals surface area contributed by atoms with Crippen molar-refractivity contribution in [2.45, 2.75) is 19.4 Å². The van der Waals surface area contributed by atoms with Crippen molar-refractivity contribution in [3.8, 4) is 11.5 Å². The van der Waals surface area contributed by atoms with Gasteiger partial charge in [0.25, 0.3) is 5.91 Å². The third-order valence-electron chi connectivity index (χ3n) is 3.93. The summed E-state index contributed by atoms with van der Waals surface area (Å²) >= 11 is 0. The SMILES string of the molecule is C[C@H](NC(=O)c1ccccc1)C(=O)NCCc1ccc2c(c1)OCO2. The highest BCUT2D eigenvalue weighted by atomic mass is 16.7. The minimum Gasteiger partial charge on any atom is -0.454 e. The number of ether oxygens (including phenoxy) is 2. The van der Waals surface area contributed by atoms with E-state index in [-0.39, 0.29) is 18.6 Å². The fourth-order valence-electron chi connectivity index (χ4n) is 2.51. The Morgan fingerprint density at radius 3 is 2.64 bits per heavy atom. The summed E-state index contributed by atoms with van der Waals surface area (Å²) in [4.78, 5) is 24.2. The van der Waals surface area contributed by atoms with Crippen molar-refractivity contribution in [1.82, 2.24) is 10.6 Å². The molecule has 2 N–H and O–H groups in total. The van der Waals surface area contributed by atoms with Gasteiger partial charge in [-0.3, -0.25) is 9.59 Å². The number of nitrogens with one attached hydrogen (secondary N) is 2. The summed E-state index contributed by atoms with van der Waals surface area (Å²) in [5, 5.41) is 5.52. The fraction of sp³-hybridized carbons (Fsp3) is 0.263. The number of hydrogen-bond donors (Lipinski definition) is 2. The molecule has 0 fully saturated rings. The van der Waals surface area contributed by atoms with Crippen LogP contribution in [0, 0.1) is 0 Å². The quantitative estimate of drug-likeness (QED) is 0.842. The first-order chi connectivity index (χ1) is 12.1. The van der Waals surface area contributed by atoms with E-state index in [1.54, 1.807) is 31.2 Å². The summed E-state index contributed by atoms with van der Waals surface area (Å²) in [7, 11) is 0. The molecule has 2 aromatic carbocycles. The van der Waals surface area contributed by atoms with Crippen molar-refractivity contribution < 1.29 is 19.1 Å². The minimum absolute atomic E-state index is 0.218. The third kappa shape index (κ3) is 4.29. The van der Waals surface area contributed by atoms with Crippen LogP contribution in [0.3, 0.4) is 0 Å². The van der Waals surface area contributed by atoms with Gasteiger partial charge in [0, 0.05) is 12.1 Å². The first-order valence-corrected chi connectivity index (χ1v) is 8.15. The molecule has 0 radical (unpaired) electrons. The molecule has 1 heterocycles. The molecular formula is C19H20N2O4. The summed E-state index contributed by atoms with van der Waals surface area (Å²) in [6.45, 7) is 2.38. The van der Waals surface area contributed by atoms with Crippen molar-refractivity contribution in [3.63, 3.8) is 0 Å². The van der Waals surface area contributed by atoms with Gasteiger partial charge >= 0.3 is 0 Å². The van der Waals surface area contributed by atoms with E-state index >= 15 is 0 Å². The molecule has 2 amide bonds. The average Bonchev–Trinajstić information content (AvgIpc) is 3.10. The maximum absolute atomic E-state index is 12.1. The molecule has 1 atom stereocenters. The van der Waals surface area contributed by atoms with Gasteiger partial charge < -0.3 is 20.1 Å². The Labute approximate surface area is 146 Å². The molecule has 6 heteroatoms. The Hall–Kier alpha value is -3.02. The summed E-state index contributed by atoms with van der Waals surface area (Å²) in [5.41, 5.74) is 1.58. The lowest BCUT2D eigenvalue weighted by atomic mass is 10.1. The molecule has 0 aromatic heterocycles. The molecule has 3 rings (SSSR count). The van der Waals surface area contributed by atoms with Crippen molar-refractivity contribution in [1.29, 1.82) is 0 Å².